The number of esters is 1. The lowest BCUT2D eigenvalue weighted by atomic mass is 9.98. The number of carbonyl (C=O) groups excluding carboxylic acids is 1. The second-order valence-electron chi connectivity index (χ2n) is 14.3. The normalized spacial score (nSPS) is 21.3. The lowest BCUT2D eigenvalue weighted by molar-refractivity contribution is -0.327. The number of phosphoric ester groups is 1. The molecule has 0 aromatic heterocycles. The van der Waals surface area contributed by atoms with E-state index in [1.165, 1.54) is 6.92 Å². The Hall–Kier alpha value is -1.96. The molecule has 0 aliphatic carbocycles. The highest BCUT2D eigenvalue weighted by Gasteiger charge is 2.53. The van der Waals surface area contributed by atoms with Crippen molar-refractivity contribution in [3.63, 3.8) is 0 Å². The fourth-order valence-electron chi connectivity index (χ4n) is 6.70. The van der Waals surface area contributed by atoms with Gasteiger partial charge in [0.05, 0.1) is 26.4 Å². The smallest absolute Gasteiger partial charge is 0.454 e. The summed E-state index contributed by atoms with van der Waals surface area (Å²) in [6, 6.07) is 19.3. The number of carbonyl (C=O) groups is 1. The molecule has 1 fully saturated rings. The van der Waals surface area contributed by atoms with Crippen LogP contribution in [0.1, 0.15) is 99.1 Å². The number of hydrogen-bond donors (Lipinski definition) is 0. The SMILES string of the molecule is CCCCOP(=O)(OCCCC)O[C@H]1O[C@H](COO[Si](C(C)C)(C(C)C)C(C)C)[C@@H](OCc2ccccc2)[C@H](OCc2ccccc2)[C@@H]1OC(C)=O. The number of benzene rings is 2. The summed E-state index contributed by atoms with van der Waals surface area (Å²) in [5.74, 6) is -0.606. The van der Waals surface area contributed by atoms with E-state index in [1.54, 1.807) is 0 Å². The highest BCUT2D eigenvalue weighted by Crippen LogP contribution is 2.53. The molecule has 0 unspecified atom stereocenters. The summed E-state index contributed by atoms with van der Waals surface area (Å²) in [6.45, 7) is 18.9. The Morgan fingerprint density at radius 2 is 1.23 bits per heavy atom. The molecule has 0 saturated carbocycles. The fraction of sp³-hybridized carbons (Fsp3) is 0.667. The Morgan fingerprint density at radius 1 is 0.750 bits per heavy atom. The van der Waals surface area contributed by atoms with Gasteiger partial charge in [-0.15, -0.1) is 0 Å². The molecule has 0 amide bonds. The monoisotopic (exact) mass is 766 g/mol. The van der Waals surface area contributed by atoms with Crippen molar-refractivity contribution >= 4 is 22.1 Å². The van der Waals surface area contributed by atoms with Gasteiger partial charge in [0, 0.05) is 6.92 Å². The lowest BCUT2D eigenvalue weighted by Gasteiger charge is -2.46. The third kappa shape index (κ3) is 13.1. The molecule has 3 rings (SSSR count). The van der Waals surface area contributed by atoms with E-state index in [0.29, 0.717) is 12.8 Å². The minimum atomic E-state index is -4.21. The van der Waals surface area contributed by atoms with Crippen LogP contribution in [0, 0.1) is 0 Å². The van der Waals surface area contributed by atoms with Crippen LogP contribution >= 0.6 is 7.82 Å². The zero-order valence-electron chi connectivity index (χ0n) is 32.7. The molecule has 5 atom stereocenters. The predicted molar refractivity (Wildman–Crippen MR) is 203 cm³/mol. The van der Waals surface area contributed by atoms with Crippen LogP contribution in [0.3, 0.4) is 0 Å². The lowest BCUT2D eigenvalue weighted by Crippen LogP contribution is -2.62. The zero-order valence-corrected chi connectivity index (χ0v) is 34.6. The van der Waals surface area contributed by atoms with E-state index < -0.39 is 52.8 Å². The molecule has 0 N–H and O–H groups in total. The predicted octanol–water partition coefficient (Wildman–Crippen LogP) is 9.70. The molecule has 1 aliphatic heterocycles. The van der Waals surface area contributed by atoms with Gasteiger partial charge in [-0.3, -0.25) is 22.9 Å². The Kier molecular flexibility index (Phi) is 19.2. The topological polar surface area (TPSA) is 117 Å². The van der Waals surface area contributed by atoms with Crippen molar-refractivity contribution in [2.24, 2.45) is 0 Å². The first kappa shape index (κ1) is 44.4. The van der Waals surface area contributed by atoms with E-state index >= 15 is 0 Å². The summed E-state index contributed by atoms with van der Waals surface area (Å²) >= 11 is 0. The molecular formula is C39H63O11PSi. The second-order valence-corrected chi connectivity index (χ2v) is 21.2. The maximum atomic E-state index is 14.2. The maximum absolute atomic E-state index is 14.2. The van der Waals surface area contributed by atoms with Gasteiger partial charge in [-0.1, -0.05) is 129 Å². The first-order valence-electron chi connectivity index (χ1n) is 18.9. The third-order valence-electron chi connectivity index (χ3n) is 9.33. The number of unbranched alkanes of at least 4 members (excludes halogenated alkanes) is 2. The number of hydrogen-bond acceptors (Lipinski definition) is 11. The summed E-state index contributed by atoms with van der Waals surface area (Å²) in [4.78, 5) is 18.9. The first-order valence-corrected chi connectivity index (χ1v) is 22.5. The quantitative estimate of drug-likeness (QED) is 0.0254. The van der Waals surface area contributed by atoms with E-state index in [1.807, 2.05) is 74.5 Å². The third-order valence-corrected chi connectivity index (χ3v) is 16.6. The van der Waals surface area contributed by atoms with Crippen LogP contribution in [0.25, 0.3) is 0 Å². The highest BCUT2D eigenvalue weighted by molar-refractivity contribution is 7.48. The highest BCUT2D eigenvalue weighted by atomic mass is 31.2. The average molecular weight is 767 g/mol. The Labute approximate surface area is 313 Å². The van der Waals surface area contributed by atoms with E-state index in [2.05, 4.69) is 41.5 Å². The molecule has 52 heavy (non-hydrogen) atoms. The Balaban J connectivity index is 2.07. The average Bonchev–Trinajstić information content (AvgIpc) is 3.10. The Morgan fingerprint density at radius 3 is 1.67 bits per heavy atom. The molecule has 0 bridgehead atoms. The summed E-state index contributed by atoms with van der Waals surface area (Å²) in [5.41, 5.74) is 2.61. The van der Waals surface area contributed by atoms with Gasteiger partial charge in [0.25, 0.3) is 0 Å². The van der Waals surface area contributed by atoms with E-state index in [9.17, 15) is 9.36 Å². The van der Waals surface area contributed by atoms with Crippen molar-refractivity contribution in [3.8, 4) is 0 Å². The summed E-state index contributed by atoms with van der Waals surface area (Å²) in [7, 11) is -6.65. The van der Waals surface area contributed by atoms with Gasteiger partial charge >= 0.3 is 13.8 Å². The van der Waals surface area contributed by atoms with Crippen LogP contribution in [-0.2, 0) is 64.6 Å². The molecule has 2 aromatic rings. The molecule has 13 heteroatoms. The van der Waals surface area contributed by atoms with Crippen LogP contribution in [-0.4, -0.2) is 64.8 Å². The standard InChI is InChI=1S/C39H63O11PSi/c1-10-12-24-45-51(41,46-25-13-11-2)49-39-38(47-32(9)40)37(43-27-34-22-18-15-19-23-34)36(42-26-33-20-16-14-17-21-33)35(48-39)28-44-50-52(29(3)4,30(5)6)31(7)8/h14-23,29-31,35-39H,10-13,24-28H2,1-9H3/t35-,36-,37+,38+,39-/m1/s1. The van der Waals surface area contributed by atoms with Crippen molar-refractivity contribution in [3.05, 3.63) is 71.8 Å². The molecule has 0 radical (unpaired) electrons. The molecule has 2 aromatic carbocycles. The van der Waals surface area contributed by atoms with Crippen molar-refractivity contribution < 1.29 is 51.3 Å². The number of ether oxygens (including phenoxy) is 4. The van der Waals surface area contributed by atoms with Crippen LogP contribution in [0.2, 0.25) is 16.6 Å². The van der Waals surface area contributed by atoms with Crippen molar-refractivity contribution in [1.29, 1.82) is 0 Å². The first-order chi connectivity index (χ1) is 24.9. The van der Waals surface area contributed by atoms with Crippen LogP contribution in [0.4, 0.5) is 0 Å². The van der Waals surface area contributed by atoms with Gasteiger partial charge in [-0.2, -0.15) is 0 Å². The molecule has 0 spiro atoms. The maximum Gasteiger partial charge on any atom is 0.477 e. The summed E-state index contributed by atoms with van der Waals surface area (Å²) in [5, 5.41) is 0. The van der Waals surface area contributed by atoms with Crippen molar-refractivity contribution in [2.75, 3.05) is 19.8 Å². The Bertz CT molecular complexity index is 1290. The van der Waals surface area contributed by atoms with E-state index in [4.69, 9.17) is 42.0 Å². The summed E-state index contributed by atoms with van der Waals surface area (Å²) in [6.07, 6.45) is -2.40. The van der Waals surface area contributed by atoms with Gasteiger partial charge in [0.1, 0.15) is 24.9 Å². The van der Waals surface area contributed by atoms with Crippen molar-refractivity contribution in [2.45, 2.75) is 149 Å². The van der Waals surface area contributed by atoms with E-state index in [0.717, 1.165) is 24.0 Å². The molecule has 1 aliphatic rings. The van der Waals surface area contributed by atoms with Gasteiger partial charge in [-0.05, 0) is 40.6 Å². The minimum absolute atomic E-state index is 0.0735. The molecule has 1 saturated heterocycles. The molecule has 11 nitrogen and oxygen atoms in total. The van der Waals surface area contributed by atoms with Crippen molar-refractivity contribution in [1.82, 2.24) is 0 Å². The fourth-order valence-corrected chi connectivity index (χ4v) is 12.9. The van der Waals surface area contributed by atoms with Crippen LogP contribution < -0.4 is 0 Å². The van der Waals surface area contributed by atoms with Gasteiger partial charge in [-0.25, -0.2) is 9.45 Å². The summed E-state index contributed by atoms with van der Waals surface area (Å²) < 4.78 is 64.1. The van der Waals surface area contributed by atoms with Gasteiger partial charge in [0.15, 0.2) is 6.10 Å². The van der Waals surface area contributed by atoms with Gasteiger partial charge in [0.2, 0.25) is 14.6 Å². The van der Waals surface area contributed by atoms with E-state index in [-0.39, 0.29) is 49.7 Å². The zero-order chi connectivity index (χ0) is 38.1. The van der Waals surface area contributed by atoms with Gasteiger partial charge < -0.3 is 18.9 Å². The second kappa shape index (κ2) is 22.4. The van der Waals surface area contributed by atoms with Crippen LogP contribution in [0.5, 0.6) is 0 Å². The molecular weight excluding hydrogens is 703 g/mol. The minimum Gasteiger partial charge on any atom is -0.454 e. The number of rotatable bonds is 24. The molecule has 1 heterocycles. The number of phosphoric acid groups is 1. The van der Waals surface area contributed by atoms with Crippen LogP contribution in [0.15, 0.2) is 60.7 Å². The molecule has 294 valence electrons. The largest absolute Gasteiger partial charge is 0.477 e.